The molecule has 2 aromatic carbocycles. The molecule has 1 unspecified atom stereocenters. The number of aliphatic hydroxyl groups is 1. The lowest BCUT2D eigenvalue weighted by Crippen LogP contribution is -2.12. The fraction of sp³-hybridized carbons (Fsp3) is 0.118. The van der Waals surface area contributed by atoms with Gasteiger partial charge in [0.05, 0.1) is 18.2 Å². The van der Waals surface area contributed by atoms with Crippen molar-refractivity contribution in [1.82, 2.24) is 9.97 Å². The highest BCUT2D eigenvalue weighted by Gasteiger charge is 2.11. The maximum Gasteiger partial charge on any atom is 0.128 e. The molecule has 0 aliphatic rings. The van der Waals surface area contributed by atoms with Crippen molar-refractivity contribution in [2.75, 3.05) is 6.61 Å². The van der Waals surface area contributed by atoms with Crippen LogP contribution in [0.5, 0.6) is 5.75 Å². The molecule has 0 amide bonds. The van der Waals surface area contributed by atoms with Crippen molar-refractivity contribution in [2.24, 2.45) is 0 Å². The number of nitrogens with zero attached hydrogens (tertiary/aromatic N) is 1. The van der Waals surface area contributed by atoms with Crippen LogP contribution in [0.2, 0.25) is 0 Å². The van der Waals surface area contributed by atoms with Crippen molar-refractivity contribution in [3.05, 3.63) is 66.6 Å². The quantitative estimate of drug-likeness (QED) is 0.706. The van der Waals surface area contributed by atoms with Crippen molar-refractivity contribution in [2.45, 2.75) is 6.10 Å². The maximum absolute atomic E-state index is 10.2. The number of hydrogen-bond acceptors (Lipinski definition) is 3. The number of ether oxygens (including phenoxy) is 1. The fourth-order valence-corrected chi connectivity index (χ4v) is 2.25. The Morgan fingerprint density at radius 3 is 2.82 bits per heavy atom. The average Bonchev–Trinajstić information content (AvgIpc) is 3.07. The molecule has 0 saturated carbocycles. The van der Waals surface area contributed by atoms with E-state index in [9.17, 15) is 5.11 Å². The van der Waals surface area contributed by atoms with Crippen LogP contribution in [0, 0.1) is 0 Å². The summed E-state index contributed by atoms with van der Waals surface area (Å²) in [7, 11) is 5.73. The van der Waals surface area contributed by atoms with E-state index in [0.29, 0.717) is 11.2 Å². The van der Waals surface area contributed by atoms with E-state index in [1.54, 1.807) is 24.7 Å². The first kappa shape index (κ1) is 14.4. The second-order valence-corrected chi connectivity index (χ2v) is 4.96. The molecule has 108 valence electrons. The number of aromatic amines is 1. The lowest BCUT2D eigenvalue weighted by molar-refractivity contribution is 0.108. The highest BCUT2D eigenvalue weighted by molar-refractivity contribution is 6.32. The van der Waals surface area contributed by atoms with Gasteiger partial charge in [-0.3, -0.25) is 0 Å². The molecule has 0 saturated heterocycles. The number of rotatable bonds is 5. The number of H-pyrrole nitrogens is 1. The number of aromatic nitrogens is 2. The van der Waals surface area contributed by atoms with Crippen LogP contribution in [0.15, 0.2) is 61.1 Å². The van der Waals surface area contributed by atoms with E-state index in [2.05, 4.69) is 9.97 Å². The van der Waals surface area contributed by atoms with Crippen LogP contribution in [0.3, 0.4) is 0 Å². The molecule has 22 heavy (non-hydrogen) atoms. The zero-order chi connectivity index (χ0) is 15.4. The van der Waals surface area contributed by atoms with Crippen LogP contribution >= 0.6 is 0 Å². The third kappa shape index (κ3) is 3.20. The van der Waals surface area contributed by atoms with Crippen LogP contribution in [0.1, 0.15) is 11.7 Å². The monoisotopic (exact) mass is 290 g/mol. The number of nitrogens with one attached hydrogen (secondary N) is 1. The molecule has 0 aliphatic heterocycles. The predicted octanol–water partition coefficient (Wildman–Crippen LogP) is 1.98. The Kier molecular flexibility index (Phi) is 4.25. The van der Waals surface area contributed by atoms with Gasteiger partial charge in [0.25, 0.3) is 0 Å². The number of para-hydroxylation sites is 1. The molecular weight excluding hydrogens is 275 g/mol. The molecule has 2 radical (unpaired) electrons. The maximum atomic E-state index is 10.2. The van der Waals surface area contributed by atoms with Crippen LogP contribution in [-0.4, -0.2) is 29.5 Å². The Morgan fingerprint density at radius 1 is 1.18 bits per heavy atom. The summed E-state index contributed by atoms with van der Waals surface area (Å²) in [6, 6.07) is 14.8. The summed E-state index contributed by atoms with van der Waals surface area (Å²) in [5.74, 6) is 0.690. The molecule has 1 atom stereocenters. The Bertz CT molecular complexity index is 744. The molecule has 4 nitrogen and oxygen atoms in total. The number of hydrogen-bond donors (Lipinski definition) is 2. The van der Waals surface area contributed by atoms with Gasteiger partial charge in [-0.15, -0.1) is 0 Å². The van der Waals surface area contributed by atoms with Crippen LogP contribution in [-0.2, 0) is 0 Å². The zero-order valence-electron chi connectivity index (χ0n) is 11.9. The molecule has 3 aromatic rings. The number of aliphatic hydroxyl groups excluding tert-OH is 1. The lowest BCUT2D eigenvalue weighted by Gasteiger charge is -2.15. The smallest absolute Gasteiger partial charge is 0.128 e. The predicted molar refractivity (Wildman–Crippen MR) is 86.3 cm³/mol. The molecule has 0 fully saturated rings. The topological polar surface area (TPSA) is 58.1 Å². The average molecular weight is 290 g/mol. The third-order valence-corrected chi connectivity index (χ3v) is 3.37. The standard InChI is InChI=1S/C17H15BN2O2/c18-13-5-3-4-12(8-13)16(21)10-22-17-7-2-1-6-14(17)15-9-19-11-20-15/h1-9,11,16,21H,10H2,(H,19,20). The summed E-state index contributed by atoms with van der Waals surface area (Å²) in [4.78, 5) is 7.07. The summed E-state index contributed by atoms with van der Waals surface area (Å²) < 4.78 is 5.78. The van der Waals surface area contributed by atoms with E-state index in [1.165, 1.54) is 0 Å². The van der Waals surface area contributed by atoms with Gasteiger partial charge in [-0.05, 0) is 17.7 Å². The van der Waals surface area contributed by atoms with Crippen molar-refractivity contribution < 1.29 is 9.84 Å². The molecule has 0 bridgehead atoms. The van der Waals surface area contributed by atoms with Gasteiger partial charge in [-0.2, -0.15) is 0 Å². The van der Waals surface area contributed by atoms with Gasteiger partial charge in [-0.25, -0.2) is 4.98 Å². The summed E-state index contributed by atoms with van der Waals surface area (Å²) in [6.45, 7) is 0.147. The van der Waals surface area contributed by atoms with Crippen molar-refractivity contribution >= 4 is 13.3 Å². The summed E-state index contributed by atoms with van der Waals surface area (Å²) in [5.41, 5.74) is 3.13. The summed E-state index contributed by atoms with van der Waals surface area (Å²) in [6.07, 6.45) is 2.61. The molecular formula is C17H15BN2O2. The van der Waals surface area contributed by atoms with E-state index in [1.807, 2.05) is 36.4 Å². The molecule has 1 aromatic heterocycles. The first-order valence-electron chi connectivity index (χ1n) is 6.98. The Labute approximate surface area is 130 Å². The zero-order valence-corrected chi connectivity index (χ0v) is 11.9. The molecule has 1 heterocycles. The Morgan fingerprint density at radius 2 is 2.05 bits per heavy atom. The van der Waals surface area contributed by atoms with Crippen molar-refractivity contribution in [3.8, 4) is 17.0 Å². The van der Waals surface area contributed by atoms with Crippen LogP contribution < -0.4 is 10.2 Å². The van der Waals surface area contributed by atoms with Crippen LogP contribution in [0.25, 0.3) is 11.3 Å². The molecule has 2 N–H and O–H groups in total. The van der Waals surface area contributed by atoms with Gasteiger partial charge >= 0.3 is 0 Å². The van der Waals surface area contributed by atoms with E-state index in [4.69, 9.17) is 12.6 Å². The number of imidazole rings is 1. The van der Waals surface area contributed by atoms with E-state index in [0.717, 1.165) is 16.8 Å². The summed E-state index contributed by atoms with van der Waals surface area (Å²) in [5, 5.41) is 10.2. The highest BCUT2D eigenvalue weighted by atomic mass is 16.5. The third-order valence-electron chi connectivity index (χ3n) is 3.37. The molecule has 0 spiro atoms. The largest absolute Gasteiger partial charge is 0.490 e. The summed E-state index contributed by atoms with van der Waals surface area (Å²) >= 11 is 0. The van der Waals surface area contributed by atoms with E-state index >= 15 is 0 Å². The molecule has 5 heteroatoms. The molecule has 3 rings (SSSR count). The van der Waals surface area contributed by atoms with Crippen molar-refractivity contribution in [3.63, 3.8) is 0 Å². The minimum atomic E-state index is -0.738. The fourth-order valence-electron chi connectivity index (χ4n) is 2.25. The second kappa shape index (κ2) is 6.49. The molecule has 0 aliphatic carbocycles. The SMILES string of the molecule is [B]c1cccc(C(O)COc2ccccc2-c2cnc[nH]2)c1. The Balaban J connectivity index is 1.74. The highest BCUT2D eigenvalue weighted by Crippen LogP contribution is 2.28. The normalized spacial score (nSPS) is 12.0. The first-order chi connectivity index (χ1) is 10.7. The van der Waals surface area contributed by atoms with Gasteiger partial charge in [0.1, 0.15) is 26.3 Å². The van der Waals surface area contributed by atoms with Gasteiger partial charge in [0, 0.05) is 5.56 Å². The minimum Gasteiger partial charge on any atom is -0.490 e. The first-order valence-corrected chi connectivity index (χ1v) is 6.98. The van der Waals surface area contributed by atoms with Crippen molar-refractivity contribution in [1.29, 1.82) is 0 Å². The number of benzene rings is 2. The van der Waals surface area contributed by atoms with E-state index in [-0.39, 0.29) is 6.61 Å². The Hall–Kier alpha value is -2.53. The lowest BCUT2D eigenvalue weighted by atomic mass is 9.93. The van der Waals surface area contributed by atoms with Gasteiger partial charge in [0.2, 0.25) is 0 Å². The van der Waals surface area contributed by atoms with Gasteiger partial charge in [-0.1, -0.05) is 41.9 Å². The van der Waals surface area contributed by atoms with E-state index < -0.39 is 6.10 Å². The van der Waals surface area contributed by atoms with Gasteiger partial charge in [0.15, 0.2) is 0 Å². The van der Waals surface area contributed by atoms with Crippen LogP contribution in [0.4, 0.5) is 0 Å². The second-order valence-electron chi connectivity index (χ2n) is 4.96. The minimum absolute atomic E-state index is 0.147. The van der Waals surface area contributed by atoms with Gasteiger partial charge < -0.3 is 14.8 Å².